The molecule has 0 N–H and O–H groups in total. The summed E-state index contributed by atoms with van der Waals surface area (Å²) >= 11 is 0. The summed E-state index contributed by atoms with van der Waals surface area (Å²) in [5.74, 6) is 0.625. The number of nitrogens with zero attached hydrogens (tertiary/aromatic N) is 3. The molecule has 1 aliphatic rings. The van der Waals surface area contributed by atoms with E-state index in [9.17, 15) is 10.1 Å². The fraction of sp³-hybridized carbons (Fsp3) is 0.310. The minimum atomic E-state index is -0.358. The van der Waals surface area contributed by atoms with Gasteiger partial charge in [-0.1, -0.05) is 50.2 Å². The molecule has 0 fully saturated rings. The number of rotatable bonds is 6. The van der Waals surface area contributed by atoms with Crippen molar-refractivity contribution in [2.24, 2.45) is 0 Å². The van der Waals surface area contributed by atoms with E-state index in [1.165, 1.54) is 5.56 Å². The number of carbonyl (C=O) groups is 1. The molecular weight excluding hydrogens is 422 g/mol. The lowest BCUT2D eigenvalue weighted by atomic mass is 9.89. The van der Waals surface area contributed by atoms with E-state index >= 15 is 0 Å². The summed E-state index contributed by atoms with van der Waals surface area (Å²) < 4.78 is 5.81. The highest BCUT2D eigenvalue weighted by molar-refractivity contribution is 5.98. The molecule has 0 aliphatic carbocycles. The molecule has 1 aliphatic heterocycles. The summed E-state index contributed by atoms with van der Waals surface area (Å²) in [6, 6.07) is 24.2. The van der Waals surface area contributed by atoms with Crippen LogP contribution in [-0.2, 0) is 11.3 Å². The van der Waals surface area contributed by atoms with Crippen molar-refractivity contribution in [3.05, 3.63) is 89.0 Å². The molecule has 5 heteroatoms. The van der Waals surface area contributed by atoms with Crippen LogP contribution in [0.1, 0.15) is 54.4 Å². The van der Waals surface area contributed by atoms with Gasteiger partial charge in [0, 0.05) is 31.0 Å². The van der Waals surface area contributed by atoms with E-state index in [4.69, 9.17) is 4.74 Å². The summed E-state index contributed by atoms with van der Waals surface area (Å²) in [7, 11) is 4.03. The van der Waals surface area contributed by atoms with E-state index < -0.39 is 0 Å². The standard InChI is InChI=1S/C29H31N3O2/c1-20(2)22-10-14-25(15-11-22)32(19-21-8-12-24(13-9-21)31(3)4)29(33)27-16-17-34-28-23(18-30)6-5-7-26(27)28/h5-15,20,27H,16-17,19H2,1-4H3. The minimum absolute atomic E-state index is 0.0219. The molecule has 5 nitrogen and oxygen atoms in total. The predicted molar refractivity (Wildman–Crippen MR) is 136 cm³/mol. The molecule has 1 amide bonds. The van der Waals surface area contributed by atoms with Crippen molar-refractivity contribution in [2.75, 3.05) is 30.5 Å². The zero-order chi connectivity index (χ0) is 24.2. The first-order valence-electron chi connectivity index (χ1n) is 11.7. The van der Waals surface area contributed by atoms with E-state index in [0.717, 1.165) is 22.5 Å². The number of ether oxygens (including phenoxy) is 1. The van der Waals surface area contributed by atoms with Crippen molar-refractivity contribution >= 4 is 17.3 Å². The van der Waals surface area contributed by atoms with Crippen LogP contribution in [0.3, 0.4) is 0 Å². The number of hydrogen-bond acceptors (Lipinski definition) is 4. The van der Waals surface area contributed by atoms with Crippen LogP contribution in [0.2, 0.25) is 0 Å². The normalized spacial score (nSPS) is 14.6. The van der Waals surface area contributed by atoms with Crippen LogP contribution in [0.5, 0.6) is 5.75 Å². The summed E-state index contributed by atoms with van der Waals surface area (Å²) in [5, 5.41) is 9.50. The van der Waals surface area contributed by atoms with Crippen molar-refractivity contribution in [1.82, 2.24) is 0 Å². The highest BCUT2D eigenvalue weighted by Crippen LogP contribution is 2.38. The second-order valence-corrected chi connectivity index (χ2v) is 9.26. The molecule has 0 aromatic heterocycles. The Morgan fingerprint density at radius 3 is 2.32 bits per heavy atom. The van der Waals surface area contributed by atoms with Crippen LogP contribution in [0.4, 0.5) is 11.4 Å². The quantitative estimate of drug-likeness (QED) is 0.470. The van der Waals surface area contributed by atoms with Crippen molar-refractivity contribution in [3.63, 3.8) is 0 Å². The molecule has 1 heterocycles. The third-order valence-electron chi connectivity index (χ3n) is 6.42. The average Bonchev–Trinajstić information content (AvgIpc) is 2.86. The van der Waals surface area contributed by atoms with Gasteiger partial charge in [0.25, 0.3) is 0 Å². The van der Waals surface area contributed by atoms with Crippen LogP contribution in [0.15, 0.2) is 66.7 Å². The number of fused-ring (bicyclic) bond motifs is 1. The Morgan fingerprint density at radius 2 is 1.71 bits per heavy atom. The van der Waals surface area contributed by atoms with Crippen LogP contribution < -0.4 is 14.5 Å². The summed E-state index contributed by atoms with van der Waals surface area (Å²) in [4.78, 5) is 18.0. The first-order chi connectivity index (χ1) is 16.4. The number of carbonyl (C=O) groups excluding carboxylic acids is 1. The Bertz CT molecular complexity index is 1190. The highest BCUT2D eigenvalue weighted by atomic mass is 16.5. The van der Waals surface area contributed by atoms with Gasteiger partial charge in [-0.3, -0.25) is 4.79 Å². The molecule has 1 unspecified atom stereocenters. The van der Waals surface area contributed by atoms with Crippen molar-refractivity contribution in [1.29, 1.82) is 5.26 Å². The lowest BCUT2D eigenvalue weighted by molar-refractivity contribution is -0.120. The Kier molecular flexibility index (Phi) is 6.88. The summed E-state index contributed by atoms with van der Waals surface area (Å²) in [6.07, 6.45) is 0.584. The number of amides is 1. The van der Waals surface area contributed by atoms with Gasteiger partial charge in [-0.2, -0.15) is 5.26 Å². The van der Waals surface area contributed by atoms with Gasteiger partial charge in [-0.15, -0.1) is 0 Å². The minimum Gasteiger partial charge on any atom is -0.492 e. The molecule has 3 aromatic rings. The van der Waals surface area contributed by atoms with Gasteiger partial charge in [0.05, 0.1) is 24.6 Å². The van der Waals surface area contributed by atoms with Gasteiger partial charge in [0.15, 0.2) is 0 Å². The fourth-order valence-corrected chi connectivity index (χ4v) is 4.38. The highest BCUT2D eigenvalue weighted by Gasteiger charge is 2.33. The molecule has 34 heavy (non-hydrogen) atoms. The van der Waals surface area contributed by atoms with Gasteiger partial charge in [0.1, 0.15) is 11.8 Å². The van der Waals surface area contributed by atoms with E-state index in [2.05, 4.69) is 61.2 Å². The Hall–Kier alpha value is -3.78. The van der Waals surface area contributed by atoms with Crippen LogP contribution in [0, 0.1) is 11.3 Å². The maximum Gasteiger partial charge on any atom is 0.235 e. The third-order valence-corrected chi connectivity index (χ3v) is 6.42. The molecular formula is C29H31N3O2. The maximum atomic E-state index is 14.0. The predicted octanol–water partition coefficient (Wildman–Crippen LogP) is 5.85. The van der Waals surface area contributed by atoms with Crippen LogP contribution >= 0.6 is 0 Å². The van der Waals surface area contributed by atoms with Gasteiger partial charge >= 0.3 is 0 Å². The lowest BCUT2D eigenvalue weighted by Gasteiger charge is -2.31. The second-order valence-electron chi connectivity index (χ2n) is 9.26. The SMILES string of the molecule is CC(C)c1ccc(N(Cc2ccc(N(C)C)cc2)C(=O)C2CCOc3c(C#N)cccc32)cc1. The molecule has 174 valence electrons. The smallest absolute Gasteiger partial charge is 0.235 e. The largest absolute Gasteiger partial charge is 0.492 e. The summed E-state index contributed by atoms with van der Waals surface area (Å²) in [6.45, 7) is 5.21. The molecule has 3 aromatic carbocycles. The Balaban J connectivity index is 1.71. The first-order valence-corrected chi connectivity index (χ1v) is 11.7. The topological polar surface area (TPSA) is 56.6 Å². The molecule has 1 atom stereocenters. The fourth-order valence-electron chi connectivity index (χ4n) is 4.38. The van der Waals surface area contributed by atoms with Crippen molar-refractivity contribution in [2.45, 2.75) is 38.6 Å². The first kappa shape index (κ1) is 23.4. The summed E-state index contributed by atoms with van der Waals surface area (Å²) in [5.41, 5.74) is 5.55. The molecule has 0 saturated carbocycles. The number of hydrogen-bond donors (Lipinski definition) is 0. The Labute approximate surface area is 202 Å². The van der Waals surface area contributed by atoms with Crippen molar-refractivity contribution in [3.8, 4) is 11.8 Å². The Morgan fingerprint density at radius 1 is 1.03 bits per heavy atom. The molecule has 0 bridgehead atoms. The van der Waals surface area contributed by atoms with E-state index in [-0.39, 0.29) is 11.8 Å². The molecule has 0 spiro atoms. The van der Waals surface area contributed by atoms with Gasteiger partial charge < -0.3 is 14.5 Å². The van der Waals surface area contributed by atoms with E-state index in [1.807, 2.05) is 43.3 Å². The van der Waals surface area contributed by atoms with Gasteiger partial charge in [-0.25, -0.2) is 0 Å². The second kappa shape index (κ2) is 10.0. The van der Waals surface area contributed by atoms with E-state index in [0.29, 0.717) is 36.8 Å². The third kappa shape index (κ3) is 4.77. The monoisotopic (exact) mass is 453 g/mol. The number of benzene rings is 3. The number of nitriles is 1. The van der Waals surface area contributed by atoms with E-state index in [1.54, 1.807) is 6.07 Å². The molecule has 0 radical (unpaired) electrons. The molecule has 0 saturated heterocycles. The van der Waals surface area contributed by atoms with Gasteiger partial charge in [-0.05, 0) is 53.8 Å². The van der Waals surface area contributed by atoms with Crippen LogP contribution in [-0.4, -0.2) is 26.6 Å². The number of para-hydroxylation sites is 1. The zero-order valence-corrected chi connectivity index (χ0v) is 20.3. The zero-order valence-electron chi connectivity index (χ0n) is 20.3. The van der Waals surface area contributed by atoms with Crippen molar-refractivity contribution < 1.29 is 9.53 Å². The maximum absolute atomic E-state index is 14.0. The molecule has 4 rings (SSSR count). The van der Waals surface area contributed by atoms with Crippen LogP contribution in [0.25, 0.3) is 0 Å². The average molecular weight is 454 g/mol. The van der Waals surface area contributed by atoms with Gasteiger partial charge in [0.2, 0.25) is 5.91 Å². The lowest BCUT2D eigenvalue weighted by Crippen LogP contribution is -2.37. The number of anilines is 2.